The number of fused-ring (bicyclic) bond motifs is 1. The first kappa shape index (κ1) is 12.1. The average Bonchev–Trinajstić information content (AvgIpc) is 2.98. The van der Waals surface area contributed by atoms with E-state index in [2.05, 4.69) is 5.32 Å². The fourth-order valence-electron chi connectivity index (χ4n) is 2.30. The number of hydrogen-bond acceptors (Lipinski definition) is 5. The number of carbonyl (C=O) groups excluding carboxylic acids is 1. The molecule has 6 nitrogen and oxygen atoms in total. The number of amides is 1. The Morgan fingerprint density at radius 3 is 2.79 bits per heavy atom. The lowest BCUT2D eigenvalue weighted by atomic mass is 10.0. The summed E-state index contributed by atoms with van der Waals surface area (Å²) in [5, 5.41) is 2.79. The third-order valence-electron chi connectivity index (χ3n) is 3.45. The van der Waals surface area contributed by atoms with Gasteiger partial charge in [0.1, 0.15) is 6.10 Å². The van der Waals surface area contributed by atoms with E-state index in [1.807, 2.05) is 6.92 Å². The normalized spacial score (nSPS) is 24.5. The number of anilines is 2. The molecule has 0 spiro atoms. The van der Waals surface area contributed by atoms with Crippen molar-refractivity contribution >= 4 is 17.3 Å². The predicted octanol–water partition coefficient (Wildman–Crippen LogP) is 1.36. The highest BCUT2D eigenvalue weighted by Crippen LogP contribution is 2.38. The summed E-state index contributed by atoms with van der Waals surface area (Å²) in [6.07, 6.45) is 0.485. The summed E-state index contributed by atoms with van der Waals surface area (Å²) in [6, 6.07) is 3.33. The van der Waals surface area contributed by atoms with E-state index < -0.39 is 6.10 Å². The molecule has 0 radical (unpaired) electrons. The molecule has 2 heterocycles. The van der Waals surface area contributed by atoms with E-state index in [4.69, 9.17) is 19.9 Å². The molecular formula is C13H16N2O4. The molecule has 1 saturated heterocycles. The van der Waals surface area contributed by atoms with Crippen LogP contribution in [0.2, 0.25) is 0 Å². The van der Waals surface area contributed by atoms with Crippen LogP contribution >= 0.6 is 0 Å². The number of ether oxygens (including phenoxy) is 3. The van der Waals surface area contributed by atoms with Gasteiger partial charge in [-0.05, 0) is 12.3 Å². The minimum Gasteiger partial charge on any atom is -0.454 e. The number of carbonyl (C=O) groups is 1. The van der Waals surface area contributed by atoms with Gasteiger partial charge < -0.3 is 25.3 Å². The maximum Gasteiger partial charge on any atom is 0.253 e. The lowest BCUT2D eigenvalue weighted by Gasteiger charge is -2.15. The molecular weight excluding hydrogens is 248 g/mol. The number of rotatable bonds is 2. The molecule has 19 heavy (non-hydrogen) atoms. The summed E-state index contributed by atoms with van der Waals surface area (Å²) in [5.74, 6) is 1.23. The van der Waals surface area contributed by atoms with Crippen LogP contribution in [0.3, 0.4) is 0 Å². The van der Waals surface area contributed by atoms with E-state index >= 15 is 0 Å². The lowest BCUT2D eigenvalue weighted by molar-refractivity contribution is -0.126. The first-order chi connectivity index (χ1) is 9.15. The second-order valence-electron chi connectivity index (χ2n) is 4.84. The molecule has 0 aliphatic carbocycles. The molecule has 0 aromatic heterocycles. The van der Waals surface area contributed by atoms with E-state index in [0.29, 0.717) is 29.5 Å². The summed E-state index contributed by atoms with van der Waals surface area (Å²) < 4.78 is 15.9. The zero-order chi connectivity index (χ0) is 13.4. The minimum atomic E-state index is -0.412. The fraction of sp³-hybridized carbons (Fsp3) is 0.462. The average molecular weight is 264 g/mol. The molecule has 3 rings (SSSR count). The monoisotopic (exact) mass is 264 g/mol. The van der Waals surface area contributed by atoms with Crippen molar-refractivity contribution in [2.45, 2.75) is 19.4 Å². The molecule has 0 saturated carbocycles. The molecule has 0 bridgehead atoms. The van der Waals surface area contributed by atoms with Gasteiger partial charge in [0.2, 0.25) is 6.79 Å². The largest absolute Gasteiger partial charge is 0.454 e. The van der Waals surface area contributed by atoms with Gasteiger partial charge in [0.05, 0.1) is 11.4 Å². The van der Waals surface area contributed by atoms with Gasteiger partial charge in [0.15, 0.2) is 11.5 Å². The lowest BCUT2D eigenvalue weighted by Crippen LogP contribution is -2.31. The Morgan fingerprint density at radius 1 is 1.37 bits per heavy atom. The topological polar surface area (TPSA) is 82.8 Å². The van der Waals surface area contributed by atoms with Crippen molar-refractivity contribution in [3.8, 4) is 11.5 Å². The van der Waals surface area contributed by atoms with E-state index in [-0.39, 0.29) is 18.6 Å². The van der Waals surface area contributed by atoms with E-state index in [1.165, 1.54) is 0 Å². The molecule has 1 aromatic carbocycles. The van der Waals surface area contributed by atoms with Crippen LogP contribution < -0.4 is 20.5 Å². The third-order valence-corrected chi connectivity index (χ3v) is 3.45. The number of hydrogen-bond donors (Lipinski definition) is 2. The van der Waals surface area contributed by atoms with Gasteiger partial charge in [-0.15, -0.1) is 0 Å². The number of nitrogens with two attached hydrogens (primary N) is 1. The Balaban J connectivity index is 1.78. The van der Waals surface area contributed by atoms with Crippen molar-refractivity contribution in [1.82, 2.24) is 0 Å². The Morgan fingerprint density at radius 2 is 2.11 bits per heavy atom. The van der Waals surface area contributed by atoms with Gasteiger partial charge in [-0.3, -0.25) is 4.79 Å². The number of nitrogens with one attached hydrogen (secondary N) is 1. The van der Waals surface area contributed by atoms with Crippen molar-refractivity contribution in [2.24, 2.45) is 5.92 Å². The second kappa shape index (κ2) is 4.62. The van der Waals surface area contributed by atoms with E-state index in [1.54, 1.807) is 12.1 Å². The highest BCUT2D eigenvalue weighted by molar-refractivity contribution is 5.97. The van der Waals surface area contributed by atoms with Gasteiger partial charge in [-0.25, -0.2) is 0 Å². The molecule has 102 valence electrons. The zero-order valence-electron chi connectivity index (χ0n) is 10.6. The number of nitrogen functional groups attached to an aromatic ring is 1. The summed E-state index contributed by atoms with van der Waals surface area (Å²) in [7, 11) is 0. The van der Waals surface area contributed by atoms with Crippen LogP contribution in [-0.2, 0) is 9.53 Å². The molecule has 1 fully saturated rings. The summed E-state index contributed by atoms with van der Waals surface area (Å²) >= 11 is 0. The quantitative estimate of drug-likeness (QED) is 0.788. The Labute approximate surface area is 110 Å². The summed E-state index contributed by atoms with van der Waals surface area (Å²) in [6.45, 7) is 2.80. The van der Waals surface area contributed by atoms with Gasteiger partial charge >= 0.3 is 0 Å². The van der Waals surface area contributed by atoms with Gasteiger partial charge in [-0.1, -0.05) is 6.92 Å². The minimum absolute atomic E-state index is 0.171. The predicted molar refractivity (Wildman–Crippen MR) is 69.1 cm³/mol. The zero-order valence-corrected chi connectivity index (χ0v) is 10.6. The van der Waals surface area contributed by atoms with Crippen LogP contribution in [-0.4, -0.2) is 25.4 Å². The van der Waals surface area contributed by atoms with Crippen molar-refractivity contribution in [2.75, 3.05) is 24.5 Å². The van der Waals surface area contributed by atoms with Crippen LogP contribution in [0.4, 0.5) is 11.4 Å². The Bertz CT molecular complexity index is 518. The smallest absolute Gasteiger partial charge is 0.253 e. The van der Waals surface area contributed by atoms with Crippen LogP contribution in [0.25, 0.3) is 0 Å². The van der Waals surface area contributed by atoms with Crippen LogP contribution in [0.5, 0.6) is 11.5 Å². The SMILES string of the molecule is CC1CCOC1C(=O)Nc1cc2c(cc1N)OCO2. The van der Waals surface area contributed by atoms with Gasteiger partial charge in [0.25, 0.3) is 5.91 Å². The van der Waals surface area contributed by atoms with Gasteiger partial charge in [0, 0.05) is 18.7 Å². The second-order valence-corrected chi connectivity index (χ2v) is 4.84. The Kier molecular flexibility index (Phi) is 2.94. The van der Waals surface area contributed by atoms with E-state index in [9.17, 15) is 4.79 Å². The molecule has 3 N–H and O–H groups in total. The van der Waals surface area contributed by atoms with E-state index in [0.717, 1.165) is 6.42 Å². The van der Waals surface area contributed by atoms with Crippen molar-refractivity contribution < 1.29 is 19.0 Å². The van der Waals surface area contributed by atoms with Gasteiger partial charge in [-0.2, -0.15) is 0 Å². The van der Waals surface area contributed by atoms with Crippen LogP contribution in [0.15, 0.2) is 12.1 Å². The molecule has 1 aromatic rings. The maximum absolute atomic E-state index is 12.1. The highest BCUT2D eigenvalue weighted by atomic mass is 16.7. The molecule has 2 aliphatic rings. The Hall–Kier alpha value is -1.95. The first-order valence-corrected chi connectivity index (χ1v) is 6.27. The highest BCUT2D eigenvalue weighted by Gasteiger charge is 2.31. The number of benzene rings is 1. The third kappa shape index (κ3) is 2.19. The van der Waals surface area contributed by atoms with Crippen molar-refractivity contribution in [3.05, 3.63) is 12.1 Å². The maximum atomic E-state index is 12.1. The first-order valence-electron chi connectivity index (χ1n) is 6.27. The fourth-order valence-corrected chi connectivity index (χ4v) is 2.30. The van der Waals surface area contributed by atoms with Crippen molar-refractivity contribution in [3.63, 3.8) is 0 Å². The summed E-state index contributed by atoms with van der Waals surface area (Å²) in [4.78, 5) is 12.1. The van der Waals surface area contributed by atoms with Crippen LogP contribution in [0, 0.1) is 5.92 Å². The standard InChI is InChI=1S/C13H16N2O4/c1-7-2-3-17-12(7)13(16)15-9-5-11-10(4-8(9)14)18-6-19-11/h4-5,7,12H,2-3,6,14H2,1H3,(H,15,16). The molecule has 2 unspecified atom stereocenters. The molecule has 2 aliphatic heterocycles. The van der Waals surface area contributed by atoms with Crippen LogP contribution in [0.1, 0.15) is 13.3 Å². The molecule has 2 atom stereocenters. The molecule has 1 amide bonds. The van der Waals surface area contributed by atoms with Crippen molar-refractivity contribution in [1.29, 1.82) is 0 Å². The molecule has 6 heteroatoms. The summed E-state index contributed by atoms with van der Waals surface area (Å²) in [5.41, 5.74) is 6.86.